The Bertz CT molecular complexity index is 1380. The third kappa shape index (κ3) is 9.81. The monoisotopic (exact) mass is 648 g/mol. The molecule has 1 aromatic heterocycles. The lowest BCUT2D eigenvalue weighted by Gasteiger charge is -2.38. The molecule has 0 saturated carbocycles. The zero-order valence-corrected chi connectivity index (χ0v) is 25.8. The number of likely N-dealkylation sites (tertiary alicyclic amines) is 1. The molecule has 2 aromatic rings. The molecule has 246 valence electrons. The van der Waals surface area contributed by atoms with Gasteiger partial charge in [-0.2, -0.15) is 0 Å². The number of aromatic nitrogens is 1. The van der Waals surface area contributed by atoms with Crippen LogP contribution in [-0.2, 0) is 30.4 Å². The number of amides is 7. The number of carbonyl (C=O) groups excluding carboxylic acids is 6. The fourth-order valence-electron chi connectivity index (χ4n) is 5.32. The molecular formula is C29H41ClN8O7. The van der Waals surface area contributed by atoms with Crippen molar-refractivity contribution in [3.63, 3.8) is 0 Å². The third-order valence-electron chi connectivity index (χ3n) is 7.64. The van der Waals surface area contributed by atoms with Gasteiger partial charge >= 0.3 is 6.03 Å². The van der Waals surface area contributed by atoms with Gasteiger partial charge < -0.3 is 47.7 Å². The summed E-state index contributed by atoms with van der Waals surface area (Å²) in [6.07, 6.45) is 2.40. The van der Waals surface area contributed by atoms with Crippen molar-refractivity contribution < 1.29 is 33.9 Å². The van der Waals surface area contributed by atoms with E-state index in [1.165, 1.54) is 11.8 Å². The molecule has 10 N–H and O–H groups in total. The quantitative estimate of drug-likeness (QED) is 0.0893. The molecule has 3 rings (SSSR count). The summed E-state index contributed by atoms with van der Waals surface area (Å²) in [5.41, 5.74) is 12.2. The number of nitrogens with one attached hydrogen (secondary N) is 5. The summed E-state index contributed by atoms with van der Waals surface area (Å²) in [6.45, 7) is 1.70. The minimum atomic E-state index is -1.32. The average molecular weight is 649 g/mol. The standard InChI is InChI=1S/C29H41ClN8O7/c1-16(39)24(37-23(40)14-30)28(44)38-12-5-4-10-22(38)27(43)36-21(13-17-15-34-19-8-3-2-7-18(17)19)26(42)35-20(25(31)41)9-6-11-33-29(32)45/h2-3,7-8,15-16,20-22,24,34,39H,4-6,9-14H2,1H3,(H2,31,41)(H,35,42)(H,36,43)(H,37,40)(H3,32,33,45)/t16?,20?,21?,22-,24?/m0/s1. The number of aliphatic hydroxyl groups excluding tert-OH is 1. The van der Waals surface area contributed by atoms with Crippen LogP contribution in [-0.4, -0.2) is 99.8 Å². The lowest BCUT2D eigenvalue weighted by Crippen LogP contribution is -2.62. The summed E-state index contributed by atoms with van der Waals surface area (Å²) in [5, 5.41) is 21.3. The first-order valence-corrected chi connectivity index (χ1v) is 15.3. The van der Waals surface area contributed by atoms with Crippen LogP contribution in [0, 0.1) is 0 Å². The van der Waals surface area contributed by atoms with Crippen LogP contribution in [0.4, 0.5) is 4.79 Å². The Balaban J connectivity index is 1.84. The van der Waals surface area contributed by atoms with E-state index >= 15 is 0 Å². The molecule has 4 unspecified atom stereocenters. The molecule has 15 nitrogen and oxygen atoms in total. The number of para-hydroxylation sites is 1. The minimum absolute atomic E-state index is 0.0407. The molecule has 7 amide bonds. The van der Waals surface area contributed by atoms with Crippen LogP contribution in [0.5, 0.6) is 0 Å². The van der Waals surface area contributed by atoms with Crippen molar-refractivity contribution in [1.82, 2.24) is 31.2 Å². The van der Waals surface area contributed by atoms with Gasteiger partial charge in [0.2, 0.25) is 29.5 Å². The molecule has 0 aliphatic carbocycles. The number of benzene rings is 1. The third-order valence-corrected chi connectivity index (χ3v) is 7.88. The van der Waals surface area contributed by atoms with Crippen molar-refractivity contribution in [2.24, 2.45) is 11.5 Å². The summed E-state index contributed by atoms with van der Waals surface area (Å²) >= 11 is 5.58. The Labute approximate surface area is 265 Å². The minimum Gasteiger partial charge on any atom is -0.391 e. The maximum atomic E-state index is 13.8. The van der Waals surface area contributed by atoms with Crippen molar-refractivity contribution in [2.75, 3.05) is 19.0 Å². The SMILES string of the molecule is CC(O)C(NC(=O)CCl)C(=O)N1CCCC[C@H]1C(=O)NC(Cc1c[nH]c2ccccc12)C(=O)NC(CCCNC(N)=O)C(N)=O. The first kappa shape index (κ1) is 35.1. The zero-order valence-electron chi connectivity index (χ0n) is 25.0. The van der Waals surface area contributed by atoms with Gasteiger partial charge in [0.1, 0.15) is 30.0 Å². The predicted molar refractivity (Wildman–Crippen MR) is 166 cm³/mol. The van der Waals surface area contributed by atoms with Crippen molar-refractivity contribution in [2.45, 2.75) is 75.7 Å². The molecule has 2 heterocycles. The van der Waals surface area contributed by atoms with E-state index in [1.807, 2.05) is 24.3 Å². The number of urea groups is 1. The van der Waals surface area contributed by atoms with Crippen LogP contribution in [0.25, 0.3) is 10.9 Å². The number of hydrogen-bond acceptors (Lipinski definition) is 7. The molecule has 1 aliphatic rings. The fourth-order valence-corrected chi connectivity index (χ4v) is 5.40. The molecule has 1 fully saturated rings. The van der Waals surface area contributed by atoms with Crippen molar-refractivity contribution in [1.29, 1.82) is 0 Å². The lowest BCUT2D eigenvalue weighted by molar-refractivity contribution is -0.147. The number of aliphatic hydroxyl groups is 1. The van der Waals surface area contributed by atoms with Crippen LogP contribution in [0.3, 0.4) is 0 Å². The normalized spacial score (nSPS) is 17.4. The number of H-pyrrole nitrogens is 1. The summed E-state index contributed by atoms with van der Waals surface area (Å²) in [5.74, 6) is -3.81. The van der Waals surface area contributed by atoms with Crippen LogP contribution in [0.2, 0.25) is 0 Å². The van der Waals surface area contributed by atoms with E-state index in [9.17, 15) is 33.9 Å². The average Bonchev–Trinajstić information content (AvgIpc) is 3.42. The van der Waals surface area contributed by atoms with E-state index in [0.29, 0.717) is 19.3 Å². The van der Waals surface area contributed by atoms with Crippen molar-refractivity contribution in [3.05, 3.63) is 36.0 Å². The molecule has 45 heavy (non-hydrogen) atoms. The number of nitrogens with zero attached hydrogens (tertiary/aromatic N) is 1. The van der Waals surface area contributed by atoms with Gasteiger partial charge in [0, 0.05) is 36.6 Å². The second-order valence-electron chi connectivity index (χ2n) is 11.0. The molecular weight excluding hydrogens is 608 g/mol. The Morgan fingerprint density at radius 2 is 1.80 bits per heavy atom. The first-order valence-electron chi connectivity index (χ1n) is 14.7. The van der Waals surface area contributed by atoms with Gasteiger partial charge in [0.05, 0.1) is 6.10 Å². The van der Waals surface area contributed by atoms with E-state index in [2.05, 4.69) is 26.3 Å². The molecule has 0 radical (unpaired) electrons. The van der Waals surface area contributed by atoms with E-state index < -0.39 is 71.7 Å². The highest BCUT2D eigenvalue weighted by Crippen LogP contribution is 2.22. The number of fused-ring (bicyclic) bond motifs is 1. The number of rotatable bonds is 15. The molecule has 0 bridgehead atoms. The Morgan fingerprint density at radius 1 is 1.07 bits per heavy atom. The second kappa shape index (κ2) is 16.6. The number of hydrogen-bond donors (Lipinski definition) is 8. The number of aromatic amines is 1. The fraction of sp³-hybridized carbons (Fsp3) is 0.517. The van der Waals surface area contributed by atoms with Crippen molar-refractivity contribution >= 4 is 58.1 Å². The highest BCUT2D eigenvalue weighted by atomic mass is 35.5. The number of carbonyl (C=O) groups is 6. The van der Waals surface area contributed by atoms with Gasteiger partial charge in [-0.15, -0.1) is 11.6 Å². The van der Waals surface area contributed by atoms with Gasteiger partial charge in [-0.3, -0.25) is 24.0 Å². The molecule has 0 spiro atoms. The Hall–Kier alpha value is -4.37. The number of alkyl halides is 1. The van der Waals surface area contributed by atoms with Crippen molar-refractivity contribution in [3.8, 4) is 0 Å². The van der Waals surface area contributed by atoms with Gasteiger partial charge in [0.15, 0.2) is 0 Å². The van der Waals surface area contributed by atoms with Gasteiger partial charge in [0.25, 0.3) is 0 Å². The predicted octanol–water partition coefficient (Wildman–Crippen LogP) is -0.901. The van der Waals surface area contributed by atoms with E-state index in [4.69, 9.17) is 23.1 Å². The number of nitrogens with two attached hydrogens (primary N) is 2. The van der Waals surface area contributed by atoms with Crippen LogP contribution in [0.15, 0.2) is 30.5 Å². The van der Waals surface area contributed by atoms with Crippen LogP contribution >= 0.6 is 11.6 Å². The smallest absolute Gasteiger partial charge is 0.312 e. The molecule has 1 aromatic carbocycles. The summed E-state index contributed by atoms with van der Waals surface area (Å²) in [6, 6.07) is 2.09. The maximum Gasteiger partial charge on any atom is 0.312 e. The molecule has 5 atom stereocenters. The highest BCUT2D eigenvalue weighted by Gasteiger charge is 2.39. The molecule has 16 heteroatoms. The van der Waals surface area contributed by atoms with Gasteiger partial charge in [-0.25, -0.2) is 4.79 Å². The largest absolute Gasteiger partial charge is 0.391 e. The Morgan fingerprint density at radius 3 is 2.47 bits per heavy atom. The van der Waals surface area contributed by atoms with Gasteiger partial charge in [-0.1, -0.05) is 18.2 Å². The summed E-state index contributed by atoms with van der Waals surface area (Å²) in [4.78, 5) is 80.4. The lowest BCUT2D eigenvalue weighted by atomic mass is 9.97. The number of halogens is 1. The van der Waals surface area contributed by atoms with E-state index in [0.717, 1.165) is 16.5 Å². The summed E-state index contributed by atoms with van der Waals surface area (Å²) < 4.78 is 0. The topological polar surface area (TPSA) is 242 Å². The van der Waals surface area contributed by atoms with E-state index in [-0.39, 0.29) is 32.4 Å². The Kier molecular flexibility index (Phi) is 13.0. The molecule has 1 saturated heterocycles. The number of piperidine rings is 1. The van der Waals surface area contributed by atoms with Gasteiger partial charge in [-0.05, 0) is 50.7 Å². The highest BCUT2D eigenvalue weighted by molar-refractivity contribution is 6.27. The maximum absolute atomic E-state index is 13.8. The first-order chi connectivity index (χ1) is 21.4. The number of primary amides is 2. The second-order valence-corrected chi connectivity index (χ2v) is 11.3. The van der Waals surface area contributed by atoms with Crippen LogP contribution in [0.1, 0.15) is 44.6 Å². The molecule has 1 aliphatic heterocycles. The van der Waals surface area contributed by atoms with Crippen LogP contribution < -0.4 is 32.7 Å². The zero-order chi connectivity index (χ0) is 33.1. The summed E-state index contributed by atoms with van der Waals surface area (Å²) in [7, 11) is 0. The van der Waals surface area contributed by atoms with E-state index in [1.54, 1.807) is 6.20 Å².